The molecule has 0 aliphatic carbocycles. The van der Waals surface area contributed by atoms with Crippen LogP contribution in [0.3, 0.4) is 0 Å². The van der Waals surface area contributed by atoms with E-state index in [0.717, 1.165) is 0 Å². The standard InChI is InChI=1S/C9H9N5O/c1-6-7(9(10)15)2-3-8(13-6)14-5-11-4-12-14/h2-5H,1H3,(H2,10,15). The van der Waals surface area contributed by atoms with Crippen molar-refractivity contribution in [3.63, 3.8) is 0 Å². The number of aryl methyl sites for hydroxylation is 1. The molecule has 0 unspecified atom stereocenters. The molecule has 6 heteroatoms. The van der Waals surface area contributed by atoms with Crippen LogP contribution in [0.5, 0.6) is 0 Å². The molecule has 0 saturated heterocycles. The number of pyridine rings is 1. The van der Waals surface area contributed by atoms with Crippen LogP contribution >= 0.6 is 0 Å². The van der Waals surface area contributed by atoms with Gasteiger partial charge in [0, 0.05) is 0 Å². The first-order valence-corrected chi connectivity index (χ1v) is 4.31. The third-order valence-electron chi connectivity index (χ3n) is 1.99. The first-order chi connectivity index (χ1) is 7.18. The normalized spacial score (nSPS) is 10.2. The second kappa shape index (κ2) is 3.49. The van der Waals surface area contributed by atoms with Gasteiger partial charge in [-0.15, -0.1) is 0 Å². The number of hydrogen-bond acceptors (Lipinski definition) is 4. The summed E-state index contributed by atoms with van der Waals surface area (Å²) in [6, 6.07) is 3.30. The molecule has 2 rings (SSSR count). The average molecular weight is 203 g/mol. The van der Waals surface area contributed by atoms with Crippen molar-refractivity contribution < 1.29 is 4.79 Å². The van der Waals surface area contributed by atoms with Gasteiger partial charge in [-0.3, -0.25) is 4.79 Å². The van der Waals surface area contributed by atoms with Crippen LogP contribution in [0.1, 0.15) is 16.1 Å². The second-order valence-corrected chi connectivity index (χ2v) is 3.01. The summed E-state index contributed by atoms with van der Waals surface area (Å²) in [4.78, 5) is 19.0. The maximum Gasteiger partial charge on any atom is 0.250 e. The Hall–Kier alpha value is -2.24. The summed E-state index contributed by atoms with van der Waals surface area (Å²) < 4.78 is 1.51. The van der Waals surface area contributed by atoms with Crippen LogP contribution in [0.25, 0.3) is 5.82 Å². The SMILES string of the molecule is Cc1nc(-n2cncn2)ccc1C(N)=O. The molecule has 0 aliphatic heterocycles. The first kappa shape index (κ1) is 9.32. The lowest BCUT2D eigenvalue weighted by molar-refractivity contribution is 0.0999. The monoisotopic (exact) mass is 203 g/mol. The van der Waals surface area contributed by atoms with Crippen LogP contribution in [0.4, 0.5) is 0 Å². The number of nitrogens with zero attached hydrogens (tertiary/aromatic N) is 4. The highest BCUT2D eigenvalue weighted by atomic mass is 16.1. The molecule has 0 aliphatic rings. The quantitative estimate of drug-likeness (QED) is 0.748. The Kier molecular flexibility index (Phi) is 2.17. The van der Waals surface area contributed by atoms with E-state index in [4.69, 9.17) is 5.73 Å². The van der Waals surface area contributed by atoms with Gasteiger partial charge in [-0.25, -0.2) is 14.6 Å². The van der Waals surface area contributed by atoms with E-state index in [1.165, 1.54) is 17.3 Å². The summed E-state index contributed by atoms with van der Waals surface area (Å²) in [7, 11) is 0. The van der Waals surface area contributed by atoms with Crippen molar-refractivity contribution >= 4 is 5.91 Å². The minimum absolute atomic E-state index is 0.416. The fourth-order valence-electron chi connectivity index (χ4n) is 1.26. The number of carbonyl (C=O) groups excluding carboxylic acids is 1. The Labute approximate surface area is 85.8 Å². The number of aromatic nitrogens is 4. The van der Waals surface area contributed by atoms with E-state index in [1.807, 2.05) is 0 Å². The number of hydrogen-bond donors (Lipinski definition) is 1. The zero-order valence-electron chi connectivity index (χ0n) is 8.08. The predicted octanol–water partition coefficient (Wildman–Crippen LogP) is 0.0696. The summed E-state index contributed by atoms with van der Waals surface area (Å²) in [6.07, 6.45) is 2.95. The molecule has 2 aromatic heterocycles. The van der Waals surface area contributed by atoms with Crippen molar-refractivity contribution in [2.75, 3.05) is 0 Å². The van der Waals surface area contributed by atoms with Crippen molar-refractivity contribution in [3.8, 4) is 5.82 Å². The summed E-state index contributed by atoms with van der Waals surface area (Å²) in [5, 5.41) is 3.93. The molecule has 0 spiro atoms. The fourth-order valence-corrected chi connectivity index (χ4v) is 1.26. The van der Waals surface area contributed by atoms with Crippen LogP contribution in [0.15, 0.2) is 24.8 Å². The van der Waals surface area contributed by atoms with Gasteiger partial charge in [-0.1, -0.05) is 0 Å². The third-order valence-corrected chi connectivity index (χ3v) is 1.99. The van der Waals surface area contributed by atoms with E-state index in [-0.39, 0.29) is 0 Å². The largest absolute Gasteiger partial charge is 0.366 e. The molecule has 2 aromatic rings. The van der Waals surface area contributed by atoms with Crippen molar-refractivity contribution in [1.82, 2.24) is 19.7 Å². The van der Waals surface area contributed by atoms with E-state index >= 15 is 0 Å². The Morgan fingerprint density at radius 1 is 1.47 bits per heavy atom. The number of primary amides is 1. The van der Waals surface area contributed by atoms with E-state index in [0.29, 0.717) is 17.1 Å². The number of carbonyl (C=O) groups is 1. The molecule has 15 heavy (non-hydrogen) atoms. The van der Waals surface area contributed by atoms with Gasteiger partial charge in [0.2, 0.25) is 0 Å². The molecular formula is C9H9N5O. The van der Waals surface area contributed by atoms with Gasteiger partial charge in [0.25, 0.3) is 5.91 Å². The Bertz CT molecular complexity index is 491. The zero-order valence-corrected chi connectivity index (χ0v) is 8.08. The van der Waals surface area contributed by atoms with E-state index in [1.54, 1.807) is 19.1 Å². The van der Waals surface area contributed by atoms with Gasteiger partial charge in [0.15, 0.2) is 5.82 Å². The van der Waals surface area contributed by atoms with E-state index in [2.05, 4.69) is 15.1 Å². The summed E-state index contributed by atoms with van der Waals surface area (Å²) in [6.45, 7) is 1.72. The molecular weight excluding hydrogens is 194 g/mol. The molecule has 2 heterocycles. The van der Waals surface area contributed by atoms with Crippen LogP contribution < -0.4 is 5.73 Å². The lowest BCUT2D eigenvalue weighted by Crippen LogP contribution is -2.14. The molecule has 0 aromatic carbocycles. The summed E-state index contributed by atoms with van der Waals surface area (Å²) in [5.41, 5.74) is 6.16. The number of rotatable bonds is 2. The predicted molar refractivity (Wildman–Crippen MR) is 52.4 cm³/mol. The lowest BCUT2D eigenvalue weighted by Gasteiger charge is -2.03. The zero-order chi connectivity index (χ0) is 10.8. The van der Waals surface area contributed by atoms with Gasteiger partial charge in [-0.05, 0) is 19.1 Å². The Balaban J connectivity index is 2.47. The highest BCUT2D eigenvalue weighted by Crippen LogP contribution is 2.08. The average Bonchev–Trinajstić information content (AvgIpc) is 2.69. The maximum absolute atomic E-state index is 11.0. The second-order valence-electron chi connectivity index (χ2n) is 3.01. The highest BCUT2D eigenvalue weighted by molar-refractivity contribution is 5.93. The van der Waals surface area contributed by atoms with Crippen LogP contribution in [0.2, 0.25) is 0 Å². The van der Waals surface area contributed by atoms with Crippen molar-refractivity contribution in [2.45, 2.75) is 6.92 Å². The van der Waals surface area contributed by atoms with Gasteiger partial charge in [0.1, 0.15) is 12.7 Å². The summed E-state index contributed by atoms with van der Waals surface area (Å²) >= 11 is 0. The van der Waals surface area contributed by atoms with Crippen molar-refractivity contribution in [2.24, 2.45) is 5.73 Å². The summed E-state index contributed by atoms with van der Waals surface area (Å²) in [5.74, 6) is 0.125. The van der Waals surface area contributed by atoms with Crippen LogP contribution in [0, 0.1) is 6.92 Å². The molecule has 2 N–H and O–H groups in total. The minimum atomic E-state index is -0.481. The van der Waals surface area contributed by atoms with Gasteiger partial charge < -0.3 is 5.73 Å². The molecule has 0 atom stereocenters. The molecule has 0 saturated carbocycles. The van der Waals surface area contributed by atoms with Gasteiger partial charge in [-0.2, -0.15) is 5.10 Å². The minimum Gasteiger partial charge on any atom is -0.366 e. The number of amides is 1. The van der Waals surface area contributed by atoms with E-state index in [9.17, 15) is 4.79 Å². The molecule has 0 radical (unpaired) electrons. The van der Waals surface area contributed by atoms with E-state index < -0.39 is 5.91 Å². The van der Waals surface area contributed by atoms with Crippen LogP contribution in [-0.2, 0) is 0 Å². The van der Waals surface area contributed by atoms with Gasteiger partial charge in [0.05, 0.1) is 11.3 Å². The first-order valence-electron chi connectivity index (χ1n) is 4.31. The topological polar surface area (TPSA) is 86.7 Å². The van der Waals surface area contributed by atoms with Crippen LogP contribution in [-0.4, -0.2) is 25.7 Å². The third kappa shape index (κ3) is 1.69. The molecule has 0 fully saturated rings. The fraction of sp³-hybridized carbons (Fsp3) is 0.111. The number of nitrogens with two attached hydrogens (primary N) is 1. The smallest absolute Gasteiger partial charge is 0.250 e. The molecule has 0 bridgehead atoms. The maximum atomic E-state index is 11.0. The Morgan fingerprint density at radius 3 is 2.80 bits per heavy atom. The molecule has 6 nitrogen and oxygen atoms in total. The lowest BCUT2D eigenvalue weighted by atomic mass is 10.2. The van der Waals surface area contributed by atoms with Crippen molar-refractivity contribution in [1.29, 1.82) is 0 Å². The molecule has 76 valence electrons. The highest BCUT2D eigenvalue weighted by Gasteiger charge is 2.07. The van der Waals surface area contributed by atoms with Crippen molar-refractivity contribution in [3.05, 3.63) is 36.0 Å². The molecule has 1 amide bonds. The Morgan fingerprint density at radius 2 is 2.27 bits per heavy atom. The van der Waals surface area contributed by atoms with Gasteiger partial charge >= 0.3 is 0 Å².